The zero-order chi connectivity index (χ0) is 14.4. The van der Waals surface area contributed by atoms with E-state index in [4.69, 9.17) is 5.73 Å². The van der Waals surface area contributed by atoms with Crippen molar-refractivity contribution in [2.45, 2.75) is 13.8 Å². The van der Waals surface area contributed by atoms with Gasteiger partial charge in [0.2, 0.25) is 5.95 Å². The molecule has 0 saturated heterocycles. The quantitative estimate of drug-likeness (QED) is 0.740. The third-order valence-corrected chi connectivity index (χ3v) is 3.76. The number of nitrogen functional groups attached to an aromatic ring is 1. The van der Waals surface area contributed by atoms with E-state index in [-0.39, 0.29) is 5.82 Å². The van der Waals surface area contributed by atoms with Crippen molar-refractivity contribution in [2.24, 2.45) is 0 Å². The van der Waals surface area contributed by atoms with Gasteiger partial charge in [-0.1, -0.05) is 0 Å². The summed E-state index contributed by atoms with van der Waals surface area (Å²) in [6.07, 6.45) is 0. The minimum atomic E-state index is -0.307. The molecule has 2 aromatic heterocycles. The average Bonchev–Trinajstić information content (AvgIpc) is 2.69. The number of hydrogen-bond donors (Lipinski definition) is 1. The Morgan fingerprint density at radius 2 is 1.95 bits per heavy atom. The van der Waals surface area contributed by atoms with Crippen LogP contribution in [0.1, 0.15) is 11.3 Å². The fourth-order valence-corrected chi connectivity index (χ4v) is 2.51. The van der Waals surface area contributed by atoms with Crippen LogP contribution in [0, 0.1) is 19.7 Å². The predicted molar refractivity (Wildman–Crippen MR) is 80.4 cm³/mol. The van der Waals surface area contributed by atoms with E-state index in [1.165, 1.54) is 6.07 Å². The molecule has 0 unspecified atom stereocenters. The molecule has 0 aliphatic carbocycles. The first kappa shape index (κ1) is 13.1. The standard InChI is InChI=1S/C14H12BrFN4/c1-7-5-10(16)9(15)6-12(7)20-13-11(19-14(20)17)4-3-8(2)18-13/h3-6H,1-2H3,(H2,17,19). The number of anilines is 1. The van der Waals surface area contributed by atoms with E-state index < -0.39 is 0 Å². The number of halogens is 2. The van der Waals surface area contributed by atoms with Gasteiger partial charge in [-0.3, -0.25) is 4.57 Å². The van der Waals surface area contributed by atoms with Gasteiger partial charge >= 0.3 is 0 Å². The average molecular weight is 335 g/mol. The molecule has 0 aliphatic heterocycles. The number of nitrogens with two attached hydrogens (primary N) is 1. The highest BCUT2D eigenvalue weighted by atomic mass is 79.9. The van der Waals surface area contributed by atoms with Crippen molar-refractivity contribution in [1.82, 2.24) is 14.5 Å². The van der Waals surface area contributed by atoms with Gasteiger partial charge in [0.25, 0.3) is 0 Å². The molecule has 2 N–H and O–H groups in total. The van der Waals surface area contributed by atoms with Crippen LogP contribution in [0.2, 0.25) is 0 Å². The normalized spacial score (nSPS) is 11.2. The Kier molecular flexibility index (Phi) is 2.97. The fraction of sp³-hybridized carbons (Fsp3) is 0.143. The Morgan fingerprint density at radius 3 is 2.70 bits per heavy atom. The third kappa shape index (κ3) is 1.96. The summed E-state index contributed by atoms with van der Waals surface area (Å²) in [5, 5.41) is 0. The maximum absolute atomic E-state index is 13.6. The summed E-state index contributed by atoms with van der Waals surface area (Å²) in [5.74, 6) is 0.0260. The van der Waals surface area contributed by atoms with Crippen molar-refractivity contribution in [2.75, 3.05) is 5.73 Å². The van der Waals surface area contributed by atoms with Gasteiger partial charge in [-0.25, -0.2) is 14.4 Å². The molecule has 0 spiro atoms. The van der Waals surface area contributed by atoms with E-state index in [9.17, 15) is 4.39 Å². The van der Waals surface area contributed by atoms with Gasteiger partial charge < -0.3 is 5.73 Å². The van der Waals surface area contributed by atoms with E-state index in [2.05, 4.69) is 25.9 Å². The molecule has 0 fully saturated rings. The lowest BCUT2D eigenvalue weighted by Gasteiger charge is -2.10. The van der Waals surface area contributed by atoms with Gasteiger partial charge in [-0.2, -0.15) is 0 Å². The molecule has 1 aromatic carbocycles. The lowest BCUT2D eigenvalue weighted by molar-refractivity contribution is 0.619. The number of nitrogens with zero attached hydrogens (tertiary/aromatic N) is 3. The zero-order valence-electron chi connectivity index (χ0n) is 11.0. The van der Waals surface area contributed by atoms with E-state index >= 15 is 0 Å². The largest absolute Gasteiger partial charge is 0.369 e. The van der Waals surface area contributed by atoms with Crippen molar-refractivity contribution in [3.63, 3.8) is 0 Å². The molecule has 0 saturated carbocycles. The van der Waals surface area contributed by atoms with Crippen molar-refractivity contribution in [3.8, 4) is 5.69 Å². The minimum Gasteiger partial charge on any atom is -0.369 e. The lowest BCUT2D eigenvalue weighted by Crippen LogP contribution is -2.04. The number of imidazole rings is 1. The maximum atomic E-state index is 13.6. The highest BCUT2D eigenvalue weighted by Gasteiger charge is 2.15. The second kappa shape index (κ2) is 4.56. The molecule has 0 amide bonds. The van der Waals surface area contributed by atoms with Crippen LogP contribution in [0.15, 0.2) is 28.7 Å². The molecule has 20 heavy (non-hydrogen) atoms. The van der Waals surface area contributed by atoms with Gasteiger partial charge in [-0.05, 0) is 59.6 Å². The Labute approximate surface area is 123 Å². The number of aromatic nitrogens is 3. The van der Waals surface area contributed by atoms with Crippen LogP contribution in [0.4, 0.5) is 10.3 Å². The fourth-order valence-electron chi connectivity index (χ4n) is 2.18. The van der Waals surface area contributed by atoms with Crippen LogP contribution in [0.5, 0.6) is 0 Å². The Balaban J connectivity index is 2.37. The topological polar surface area (TPSA) is 56.7 Å². The van der Waals surface area contributed by atoms with Crippen LogP contribution in [0.3, 0.4) is 0 Å². The number of fused-ring (bicyclic) bond motifs is 1. The van der Waals surface area contributed by atoms with Crippen LogP contribution in [0.25, 0.3) is 16.9 Å². The number of pyridine rings is 1. The van der Waals surface area contributed by atoms with Crippen molar-refractivity contribution >= 4 is 33.0 Å². The van der Waals surface area contributed by atoms with Crippen molar-refractivity contribution in [1.29, 1.82) is 0 Å². The summed E-state index contributed by atoms with van der Waals surface area (Å²) in [7, 11) is 0. The summed E-state index contributed by atoms with van der Waals surface area (Å²) in [6, 6.07) is 6.90. The van der Waals surface area contributed by atoms with Gasteiger partial charge in [0.1, 0.15) is 11.3 Å². The monoisotopic (exact) mass is 334 g/mol. The Bertz CT molecular complexity index is 826. The lowest BCUT2D eigenvalue weighted by atomic mass is 10.2. The van der Waals surface area contributed by atoms with E-state index in [0.717, 1.165) is 16.9 Å². The van der Waals surface area contributed by atoms with Crippen LogP contribution >= 0.6 is 15.9 Å². The van der Waals surface area contributed by atoms with Gasteiger partial charge in [0.15, 0.2) is 5.65 Å². The smallest absolute Gasteiger partial charge is 0.207 e. The molecule has 102 valence electrons. The zero-order valence-corrected chi connectivity index (χ0v) is 12.6. The van der Waals surface area contributed by atoms with Crippen molar-refractivity contribution in [3.05, 3.63) is 45.8 Å². The first-order valence-electron chi connectivity index (χ1n) is 6.05. The third-order valence-electron chi connectivity index (χ3n) is 3.15. The highest BCUT2D eigenvalue weighted by Crippen LogP contribution is 2.28. The van der Waals surface area contributed by atoms with E-state index in [1.807, 2.05) is 26.0 Å². The molecule has 0 radical (unpaired) electrons. The maximum Gasteiger partial charge on any atom is 0.207 e. The van der Waals surface area contributed by atoms with E-state index in [1.54, 1.807) is 10.6 Å². The molecule has 0 aliphatic rings. The molecule has 0 bridgehead atoms. The number of hydrogen-bond acceptors (Lipinski definition) is 3. The minimum absolute atomic E-state index is 0.307. The first-order valence-corrected chi connectivity index (χ1v) is 6.84. The molecule has 0 atom stereocenters. The second-order valence-electron chi connectivity index (χ2n) is 4.65. The molecular formula is C14H12BrFN4. The first-order chi connectivity index (χ1) is 9.47. The molecule has 3 rings (SSSR count). The summed E-state index contributed by atoms with van der Waals surface area (Å²) in [5.41, 5.74) is 9.78. The second-order valence-corrected chi connectivity index (χ2v) is 5.51. The summed E-state index contributed by atoms with van der Waals surface area (Å²) >= 11 is 3.20. The molecule has 2 heterocycles. The van der Waals surface area contributed by atoms with Crippen LogP contribution < -0.4 is 5.73 Å². The van der Waals surface area contributed by atoms with Gasteiger partial charge in [0, 0.05) is 5.69 Å². The highest BCUT2D eigenvalue weighted by molar-refractivity contribution is 9.10. The number of aryl methyl sites for hydroxylation is 2. The SMILES string of the molecule is Cc1ccc2nc(N)n(-c3cc(Br)c(F)cc3C)c2n1. The Morgan fingerprint density at radius 1 is 1.20 bits per heavy atom. The number of rotatable bonds is 1. The molecule has 6 heteroatoms. The predicted octanol–water partition coefficient (Wildman–Crippen LogP) is 3.52. The van der Waals surface area contributed by atoms with Crippen molar-refractivity contribution < 1.29 is 4.39 Å². The van der Waals surface area contributed by atoms with Crippen LogP contribution in [-0.2, 0) is 0 Å². The summed E-state index contributed by atoms with van der Waals surface area (Å²) in [6.45, 7) is 3.73. The number of benzene rings is 1. The molecule has 3 aromatic rings. The van der Waals surface area contributed by atoms with Crippen LogP contribution in [-0.4, -0.2) is 14.5 Å². The molecule has 4 nitrogen and oxygen atoms in total. The molecular weight excluding hydrogens is 323 g/mol. The van der Waals surface area contributed by atoms with Gasteiger partial charge in [-0.15, -0.1) is 0 Å². The summed E-state index contributed by atoms with van der Waals surface area (Å²) < 4.78 is 15.7. The summed E-state index contributed by atoms with van der Waals surface area (Å²) in [4.78, 5) is 8.77. The van der Waals surface area contributed by atoms with E-state index in [0.29, 0.717) is 21.6 Å². The van der Waals surface area contributed by atoms with Gasteiger partial charge in [0.05, 0.1) is 10.2 Å². The Hall–Kier alpha value is -1.95.